The minimum atomic E-state index is -1.28. The van der Waals surface area contributed by atoms with Gasteiger partial charge in [-0.1, -0.05) is 67.5 Å². The van der Waals surface area contributed by atoms with Gasteiger partial charge in [-0.3, -0.25) is 0 Å². The van der Waals surface area contributed by atoms with Crippen LogP contribution in [0.5, 0.6) is 0 Å². The summed E-state index contributed by atoms with van der Waals surface area (Å²) >= 11 is 0. The third-order valence-corrected chi connectivity index (χ3v) is 15.6. The van der Waals surface area contributed by atoms with E-state index in [1.165, 1.54) is 51.4 Å². The van der Waals surface area contributed by atoms with Gasteiger partial charge in [0.25, 0.3) is 0 Å². The lowest BCUT2D eigenvalue weighted by molar-refractivity contribution is -0.202. The Kier molecular flexibility index (Phi) is 8.02. The first-order valence-electron chi connectivity index (χ1n) is 16.9. The van der Waals surface area contributed by atoms with E-state index in [1.807, 2.05) is 0 Å². The Hall–Kier alpha value is -0.420. The average Bonchev–Trinajstić information content (AvgIpc) is 3.26. The molecule has 0 spiro atoms. The molecule has 4 fully saturated rings. The Morgan fingerprint density at radius 2 is 1.43 bits per heavy atom. The van der Waals surface area contributed by atoms with Crippen molar-refractivity contribution >= 4 is 0 Å². The quantitative estimate of drug-likeness (QED) is 0.254. The highest BCUT2D eigenvalue weighted by Gasteiger charge is 2.69. The van der Waals surface area contributed by atoms with Crippen LogP contribution in [-0.4, -0.2) is 45.3 Å². The molecule has 4 heteroatoms. The molecule has 230 valence electrons. The highest BCUT2D eigenvalue weighted by Crippen LogP contribution is 2.77. The number of hydrogen-bond donors (Lipinski definition) is 4. The van der Waals surface area contributed by atoms with Crippen molar-refractivity contribution in [1.29, 1.82) is 0 Å². The standard InChI is InChI=1S/C36H62O4/c1-22(9-10-26(38)31(40)27(39)21-37)24-14-18-33(5)25(24)15-19-35(7)29(33)11-12-30-34(6)17-13-23(2)32(3,4)28(34)16-20-36(30,35)8/h16,20,22-31,37-40H,9-15,17-19,21H2,1-8H3. The van der Waals surface area contributed by atoms with E-state index in [9.17, 15) is 15.3 Å². The van der Waals surface area contributed by atoms with E-state index in [0.717, 1.165) is 30.1 Å². The van der Waals surface area contributed by atoms with Crippen LogP contribution >= 0.6 is 0 Å². The van der Waals surface area contributed by atoms with Crippen LogP contribution in [0.2, 0.25) is 0 Å². The van der Waals surface area contributed by atoms with Crippen molar-refractivity contribution in [3.05, 3.63) is 12.2 Å². The molecule has 5 aliphatic carbocycles. The van der Waals surface area contributed by atoms with Gasteiger partial charge < -0.3 is 20.4 Å². The average molecular weight is 559 g/mol. The summed E-state index contributed by atoms with van der Waals surface area (Å²) in [5.41, 5.74) is 1.71. The number of hydrogen-bond acceptors (Lipinski definition) is 4. The fourth-order valence-corrected chi connectivity index (χ4v) is 12.6. The first kappa shape index (κ1) is 31.0. The summed E-state index contributed by atoms with van der Waals surface area (Å²) in [6.45, 7) is 20.1. The minimum absolute atomic E-state index is 0.253. The molecular weight excluding hydrogens is 496 g/mol. The second-order valence-corrected chi connectivity index (χ2v) is 17.2. The Balaban J connectivity index is 1.35. The molecule has 0 amide bonds. The predicted octanol–water partition coefficient (Wildman–Crippen LogP) is 6.99. The SMILES string of the molecule is CC(CCC(O)C(O)C(O)CO)C1CCC2(C)C1CCC1(C)C2CCC2C3(C)CCC(C)C(C)(C)C3C=CC21C. The van der Waals surface area contributed by atoms with Crippen molar-refractivity contribution in [1.82, 2.24) is 0 Å². The molecule has 0 aromatic carbocycles. The lowest BCUT2D eigenvalue weighted by Gasteiger charge is -2.71. The number of rotatable bonds is 7. The van der Waals surface area contributed by atoms with E-state index in [2.05, 4.69) is 67.5 Å². The summed E-state index contributed by atoms with van der Waals surface area (Å²) in [5, 5.41) is 39.5. The van der Waals surface area contributed by atoms with Crippen LogP contribution < -0.4 is 0 Å². The Morgan fingerprint density at radius 1 is 0.775 bits per heavy atom. The van der Waals surface area contributed by atoms with Crippen molar-refractivity contribution in [2.45, 2.75) is 138 Å². The molecular formula is C36H62O4. The lowest BCUT2D eigenvalue weighted by Crippen LogP contribution is -2.64. The second kappa shape index (κ2) is 10.3. The molecule has 40 heavy (non-hydrogen) atoms. The zero-order valence-corrected chi connectivity index (χ0v) is 27.0. The van der Waals surface area contributed by atoms with Crippen molar-refractivity contribution in [2.75, 3.05) is 6.61 Å². The number of aliphatic hydroxyl groups is 4. The van der Waals surface area contributed by atoms with Crippen molar-refractivity contribution in [2.24, 2.45) is 68.5 Å². The summed E-state index contributed by atoms with van der Waals surface area (Å²) in [5.74, 6) is 4.86. The van der Waals surface area contributed by atoms with E-state index in [0.29, 0.717) is 45.8 Å². The van der Waals surface area contributed by atoms with Gasteiger partial charge >= 0.3 is 0 Å². The number of allylic oxidation sites excluding steroid dienone is 2. The van der Waals surface area contributed by atoms with Crippen molar-refractivity contribution in [3.63, 3.8) is 0 Å². The van der Waals surface area contributed by atoms with E-state index < -0.39 is 24.9 Å². The highest BCUT2D eigenvalue weighted by atomic mass is 16.4. The largest absolute Gasteiger partial charge is 0.394 e. The zero-order chi connectivity index (χ0) is 29.5. The van der Waals surface area contributed by atoms with Gasteiger partial charge in [0.15, 0.2) is 0 Å². The molecule has 5 rings (SSSR count). The van der Waals surface area contributed by atoms with Gasteiger partial charge in [0, 0.05) is 0 Å². The molecule has 0 radical (unpaired) electrons. The van der Waals surface area contributed by atoms with Crippen LogP contribution in [-0.2, 0) is 0 Å². The third-order valence-electron chi connectivity index (χ3n) is 15.6. The molecule has 0 aromatic rings. The number of aliphatic hydroxyl groups excluding tert-OH is 4. The molecule has 0 aliphatic heterocycles. The maximum Gasteiger partial charge on any atom is 0.108 e. The predicted molar refractivity (Wildman–Crippen MR) is 162 cm³/mol. The monoisotopic (exact) mass is 558 g/mol. The Morgan fingerprint density at radius 3 is 2.10 bits per heavy atom. The molecule has 14 unspecified atom stereocenters. The Bertz CT molecular complexity index is 960. The molecule has 4 saturated carbocycles. The molecule has 4 nitrogen and oxygen atoms in total. The molecule has 0 heterocycles. The van der Waals surface area contributed by atoms with Gasteiger partial charge in [-0.2, -0.15) is 0 Å². The summed E-state index contributed by atoms with van der Waals surface area (Å²) in [4.78, 5) is 0. The third kappa shape index (κ3) is 4.27. The van der Waals surface area contributed by atoms with E-state index in [-0.39, 0.29) is 5.41 Å². The van der Waals surface area contributed by atoms with Crippen LogP contribution in [0.1, 0.15) is 120 Å². The van der Waals surface area contributed by atoms with Crippen molar-refractivity contribution < 1.29 is 20.4 Å². The number of fused-ring (bicyclic) bond motifs is 7. The molecule has 0 saturated heterocycles. The van der Waals surface area contributed by atoms with E-state index in [4.69, 9.17) is 5.11 Å². The van der Waals surface area contributed by atoms with Crippen LogP contribution in [0.4, 0.5) is 0 Å². The van der Waals surface area contributed by atoms with E-state index in [1.54, 1.807) is 0 Å². The van der Waals surface area contributed by atoms with Gasteiger partial charge in [0.05, 0.1) is 12.7 Å². The molecule has 4 N–H and O–H groups in total. The maximum absolute atomic E-state index is 10.4. The van der Waals surface area contributed by atoms with Crippen LogP contribution in [0.25, 0.3) is 0 Å². The fraction of sp³-hybridized carbons (Fsp3) is 0.944. The molecule has 0 aromatic heterocycles. The van der Waals surface area contributed by atoms with Gasteiger partial charge in [0.1, 0.15) is 12.2 Å². The maximum atomic E-state index is 10.4. The van der Waals surface area contributed by atoms with Crippen LogP contribution in [0.3, 0.4) is 0 Å². The minimum Gasteiger partial charge on any atom is -0.394 e. The van der Waals surface area contributed by atoms with Gasteiger partial charge in [-0.05, 0) is 133 Å². The first-order chi connectivity index (χ1) is 18.6. The summed E-state index contributed by atoms with van der Waals surface area (Å²) in [6, 6.07) is 0. The topological polar surface area (TPSA) is 80.9 Å². The molecule has 0 bridgehead atoms. The van der Waals surface area contributed by atoms with Gasteiger partial charge in [-0.25, -0.2) is 0 Å². The van der Waals surface area contributed by atoms with E-state index >= 15 is 0 Å². The second-order valence-electron chi connectivity index (χ2n) is 17.2. The smallest absolute Gasteiger partial charge is 0.108 e. The first-order valence-corrected chi connectivity index (χ1v) is 16.9. The lowest BCUT2D eigenvalue weighted by atomic mass is 9.33. The summed E-state index contributed by atoms with van der Waals surface area (Å²) < 4.78 is 0. The van der Waals surface area contributed by atoms with Crippen LogP contribution in [0.15, 0.2) is 12.2 Å². The van der Waals surface area contributed by atoms with Crippen molar-refractivity contribution in [3.8, 4) is 0 Å². The highest BCUT2D eigenvalue weighted by molar-refractivity contribution is 5.27. The van der Waals surface area contributed by atoms with Crippen LogP contribution in [0, 0.1) is 68.5 Å². The summed E-state index contributed by atoms with van der Waals surface area (Å²) in [7, 11) is 0. The normalized spacial score (nSPS) is 50.6. The van der Waals surface area contributed by atoms with Gasteiger partial charge in [0.2, 0.25) is 0 Å². The fourth-order valence-electron chi connectivity index (χ4n) is 12.6. The van der Waals surface area contributed by atoms with Gasteiger partial charge in [-0.15, -0.1) is 0 Å². The summed E-state index contributed by atoms with van der Waals surface area (Å²) in [6.07, 6.45) is 14.0. The molecule has 5 aliphatic rings. The Labute approximate surface area is 245 Å². The zero-order valence-electron chi connectivity index (χ0n) is 27.0. The molecule has 14 atom stereocenters.